The van der Waals surface area contributed by atoms with Crippen LogP contribution in [0.15, 0.2) is 59.6 Å². The number of nitrogens with one attached hydrogen (secondary N) is 1. The zero-order valence-corrected chi connectivity index (χ0v) is 25.3. The minimum atomic E-state index is -0.0000336. The van der Waals surface area contributed by atoms with Crippen LogP contribution in [0.25, 0.3) is 22.2 Å². The van der Waals surface area contributed by atoms with E-state index >= 15 is 0 Å². The lowest BCUT2D eigenvalue weighted by Crippen LogP contribution is -2.52. The van der Waals surface area contributed by atoms with Crippen LogP contribution in [0.4, 0.5) is 0 Å². The zero-order valence-electron chi connectivity index (χ0n) is 25.3. The number of benzene rings is 2. The highest BCUT2D eigenvalue weighted by Crippen LogP contribution is 2.33. The normalized spacial score (nSPS) is 19.4. The fourth-order valence-corrected chi connectivity index (χ4v) is 7.16. The van der Waals surface area contributed by atoms with Crippen molar-refractivity contribution in [2.45, 2.75) is 64.5 Å². The summed E-state index contributed by atoms with van der Waals surface area (Å²) in [6, 6.07) is 18.4. The molecule has 1 saturated carbocycles. The van der Waals surface area contributed by atoms with Crippen molar-refractivity contribution in [1.82, 2.24) is 25.0 Å². The number of rotatable bonds is 6. The maximum absolute atomic E-state index is 14.3. The van der Waals surface area contributed by atoms with Crippen LogP contribution in [0.1, 0.15) is 67.8 Å². The fourth-order valence-electron chi connectivity index (χ4n) is 7.16. The zero-order chi connectivity index (χ0) is 29.6. The van der Waals surface area contributed by atoms with Crippen molar-refractivity contribution in [2.24, 2.45) is 10.9 Å². The van der Waals surface area contributed by atoms with Crippen molar-refractivity contribution in [2.75, 3.05) is 39.3 Å². The van der Waals surface area contributed by atoms with E-state index in [1.165, 1.54) is 32.1 Å². The standard InChI is InChI=1S/C35H43N7O/c1-26(27-12-4-2-5-13-27)38-34(43)32-29-16-8-9-17-31(29)39-33(28-14-6-3-7-15-28)30(32)24-40-20-22-42(23-21-40)35(37-25-36)41-18-10-11-19-41/h3,6-9,14-17,26-27H,2,4-5,10-13,18-24H2,1H3,(H,38,43)/t26-/m0/s1. The molecular weight excluding hydrogens is 534 g/mol. The number of hydrogen-bond acceptors (Lipinski definition) is 5. The van der Waals surface area contributed by atoms with Crippen LogP contribution in [-0.4, -0.2) is 76.9 Å². The van der Waals surface area contributed by atoms with E-state index in [-0.39, 0.29) is 11.9 Å². The lowest BCUT2D eigenvalue weighted by molar-refractivity contribution is 0.0918. The third-order valence-corrected chi connectivity index (χ3v) is 9.56. The Morgan fingerprint density at radius 2 is 1.60 bits per heavy atom. The summed E-state index contributed by atoms with van der Waals surface area (Å²) in [5.74, 6) is 1.34. The molecule has 3 heterocycles. The number of nitrogens with zero attached hydrogens (tertiary/aromatic N) is 6. The average Bonchev–Trinajstić information content (AvgIpc) is 3.59. The summed E-state index contributed by atoms with van der Waals surface area (Å²) in [7, 11) is 0. The number of aromatic nitrogens is 1. The topological polar surface area (TPSA) is 87.9 Å². The Kier molecular flexibility index (Phi) is 9.18. The molecule has 224 valence electrons. The van der Waals surface area contributed by atoms with Gasteiger partial charge in [0.25, 0.3) is 5.91 Å². The molecule has 0 bridgehead atoms. The van der Waals surface area contributed by atoms with Crippen LogP contribution in [0.3, 0.4) is 0 Å². The molecule has 3 fully saturated rings. The number of fused-ring (bicyclic) bond motifs is 1. The van der Waals surface area contributed by atoms with Crippen molar-refractivity contribution in [1.29, 1.82) is 5.26 Å². The molecule has 0 spiro atoms. The summed E-state index contributed by atoms with van der Waals surface area (Å²) in [5, 5.41) is 13.7. The third kappa shape index (κ3) is 6.52. The minimum absolute atomic E-state index is 0.0000336. The van der Waals surface area contributed by atoms with Gasteiger partial charge in [0.05, 0.1) is 16.8 Å². The number of aliphatic imine (C=N–C) groups is 1. The number of carbonyl (C=O) groups excluding carboxylic acids is 1. The number of piperazine rings is 1. The Bertz CT molecular complexity index is 1480. The summed E-state index contributed by atoms with van der Waals surface area (Å²) in [6.45, 7) is 7.94. The van der Waals surface area contributed by atoms with Gasteiger partial charge in [-0.05, 0) is 44.6 Å². The Morgan fingerprint density at radius 1 is 0.930 bits per heavy atom. The largest absolute Gasteiger partial charge is 0.349 e. The molecule has 1 amide bonds. The maximum Gasteiger partial charge on any atom is 0.252 e. The first kappa shape index (κ1) is 29.1. The first-order valence-corrected chi connectivity index (χ1v) is 16.1. The van der Waals surface area contributed by atoms with Gasteiger partial charge in [-0.15, -0.1) is 4.99 Å². The quantitative estimate of drug-likeness (QED) is 0.231. The van der Waals surface area contributed by atoms with E-state index in [1.807, 2.05) is 48.7 Å². The summed E-state index contributed by atoms with van der Waals surface area (Å²) in [4.78, 5) is 30.6. The van der Waals surface area contributed by atoms with Gasteiger partial charge in [0.15, 0.2) is 0 Å². The Labute approximate surface area is 255 Å². The molecule has 1 atom stereocenters. The van der Waals surface area contributed by atoms with E-state index in [2.05, 4.69) is 44.1 Å². The van der Waals surface area contributed by atoms with E-state index in [9.17, 15) is 10.1 Å². The number of nitriles is 1. The highest BCUT2D eigenvalue weighted by Gasteiger charge is 2.30. The number of guanidine groups is 1. The second kappa shape index (κ2) is 13.6. The van der Waals surface area contributed by atoms with Crippen LogP contribution in [-0.2, 0) is 6.54 Å². The van der Waals surface area contributed by atoms with Gasteiger partial charge in [-0.25, -0.2) is 4.98 Å². The number of carbonyl (C=O) groups is 1. The van der Waals surface area contributed by atoms with Gasteiger partial charge in [-0.1, -0.05) is 67.8 Å². The molecule has 3 aliphatic rings. The van der Waals surface area contributed by atoms with Gasteiger partial charge in [-0.3, -0.25) is 9.69 Å². The molecule has 2 aliphatic heterocycles. The SMILES string of the molecule is C[C@H](NC(=O)c1c(CN2CCN(C(=NC#N)N3CCCC3)CC2)c(-c2ccccc2)nc2ccccc12)C1CCCCC1. The van der Waals surface area contributed by atoms with Crippen LogP contribution in [0, 0.1) is 17.4 Å². The van der Waals surface area contributed by atoms with Crippen molar-refractivity contribution in [3.05, 3.63) is 65.7 Å². The Hall–Kier alpha value is -3.96. The number of amides is 1. The average molecular weight is 578 g/mol. The second-order valence-electron chi connectivity index (χ2n) is 12.3. The van der Waals surface area contributed by atoms with Crippen molar-refractivity contribution in [3.63, 3.8) is 0 Å². The molecule has 0 radical (unpaired) electrons. The first-order chi connectivity index (χ1) is 21.1. The second-order valence-corrected chi connectivity index (χ2v) is 12.3. The molecule has 0 unspecified atom stereocenters. The molecule has 43 heavy (non-hydrogen) atoms. The van der Waals surface area contributed by atoms with Gasteiger partial charge >= 0.3 is 0 Å². The Morgan fingerprint density at radius 3 is 2.33 bits per heavy atom. The van der Waals surface area contributed by atoms with Crippen LogP contribution in [0.2, 0.25) is 0 Å². The summed E-state index contributed by atoms with van der Waals surface area (Å²) < 4.78 is 0. The molecule has 1 aromatic heterocycles. The van der Waals surface area contributed by atoms with Crippen molar-refractivity contribution < 1.29 is 4.79 Å². The van der Waals surface area contributed by atoms with Gasteiger partial charge < -0.3 is 15.1 Å². The van der Waals surface area contributed by atoms with Gasteiger partial charge in [0.2, 0.25) is 12.2 Å². The highest BCUT2D eigenvalue weighted by molar-refractivity contribution is 6.09. The molecule has 2 aromatic carbocycles. The summed E-state index contributed by atoms with van der Waals surface area (Å²) in [5.41, 5.74) is 4.47. The summed E-state index contributed by atoms with van der Waals surface area (Å²) in [6.07, 6.45) is 10.5. The van der Waals surface area contributed by atoms with E-state index in [4.69, 9.17) is 4.98 Å². The third-order valence-electron chi connectivity index (χ3n) is 9.56. The maximum atomic E-state index is 14.3. The molecule has 2 saturated heterocycles. The molecule has 8 heteroatoms. The lowest BCUT2D eigenvalue weighted by Gasteiger charge is -2.39. The molecule has 1 N–H and O–H groups in total. The van der Waals surface area contributed by atoms with E-state index in [1.54, 1.807) is 0 Å². The molecule has 3 aromatic rings. The van der Waals surface area contributed by atoms with Crippen molar-refractivity contribution >= 4 is 22.8 Å². The van der Waals surface area contributed by atoms with E-state index in [0.29, 0.717) is 12.5 Å². The number of pyridine rings is 1. The monoisotopic (exact) mass is 577 g/mol. The predicted molar refractivity (Wildman–Crippen MR) is 171 cm³/mol. The predicted octanol–water partition coefficient (Wildman–Crippen LogP) is 5.65. The lowest BCUT2D eigenvalue weighted by atomic mass is 9.84. The van der Waals surface area contributed by atoms with Crippen LogP contribution in [0.5, 0.6) is 0 Å². The van der Waals surface area contributed by atoms with Gasteiger partial charge in [-0.2, -0.15) is 5.26 Å². The molecule has 6 rings (SSSR count). The Balaban J connectivity index is 1.32. The number of para-hydroxylation sites is 1. The van der Waals surface area contributed by atoms with Crippen LogP contribution >= 0.6 is 0 Å². The number of hydrogen-bond donors (Lipinski definition) is 1. The van der Waals surface area contributed by atoms with Crippen LogP contribution < -0.4 is 5.32 Å². The van der Waals surface area contributed by atoms with Crippen molar-refractivity contribution in [3.8, 4) is 17.5 Å². The molecule has 8 nitrogen and oxygen atoms in total. The molecule has 1 aliphatic carbocycles. The fraction of sp³-hybridized carbons (Fsp3) is 0.486. The van der Waals surface area contributed by atoms with Gasteiger partial charge in [0.1, 0.15) is 0 Å². The minimum Gasteiger partial charge on any atom is -0.349 e. The smallest absolute Gasteiger partial charge is 0.252 e. The number of likely N-dealkylation sites (tertiary alicyclic amines) is 1. The van der Waals surface area contributed by atoms with E-state index in [0.717, 1.165) is 91.4 Å². The van der Waals surface area contributed by atoms with E-state index < -0.39 is 0 Å². The first-order valence-electron chi connectivity index (χ1n) is 16.1. The summed E-state index contributed by atoms with van der Waals surface area (Å²) >= 11 is 0. The van der Waals surface area contributed by atoms with Gasteiger partial charge in [0, 0.05) is 68.4 Å². The molecular formula is C35H43N7O. The highest BCUT2D eigenvalue weighted by atomic mass is 16.1.